The molecular formula is C4H5BrN4O. The summed E-state index contributed by atoms with van der Waals surface area (Å²) in [6.45, 7) is 0. The molecule has 0 aromatic carbocycles. The third-order valence-corrected chi connectivity index (χ3v) is 2.02. The van der Waals surface area contributed by atoms with E-state index in [2.05, 4.69) is 31.3 Å². The highest BCUT2D eigenvalue weighted by Gasteiger charge is 2.37. The summed E-state index contributed by atoms with van der Waals surface area (Å²) in [6, 6.07) is -0.534. The second kappa shape index (κ2) is 2.90. The molecule has 1 heterocycles. The van der Waals surface area contributed by atoms with Crippen molar-refractivity contribution in [3.8, 4) is 0 Å². The van der Waals surface area contributed by atoms with Gasteiger partial charge in [0, 0.05) is 10.2 Å². The smallest absolute Gasteiger partial charge is 0.231 e. The van der Waals surface area contributed by atoms with Crippen molar-refractivity contribution in [2.75, 3.05) is 5.33 Å². The van der Waals surface area contributed by atoms with Gasteiger partial charge in [0.05, 0.1) is 6.04 Å². The quantitative estimate of drug-likeness (QED) is 0.231. The predicted molar refractivity (Wildman–Crippen MR) is 38.7 cm³/mol. The second-order valence-electron chi connectivity index (χ2n) is 1.92. The van der Waals surface area contributed by atoms with Gasteiger partial charge in [-0.3, -0.25) is 4.79 Å². The van der Waals surface area contributed by atoms with Crippen molar-refractivity contribution in [1.29, 1.82) is 0 Å². The molecule has 1 N–H and O–H groups in total. The van der Waals surface area contributed by atoms with Crippen LogP contribution in [0.15, 0.2) is 5.11 Å². The van der Waals surface area contributed by atoms with Crippen LogP contribution < -0.4 is 5.32 Å². The molecule has 1 aliphatic heterocycles. The number of hydrogen-bond acceptors (Lipinski definition) is 2. The fraction of sp³-hybridized carbons (Fsp3) is 0.750. The van der Waals surface area contributed by atoms with E-state index in [1.165, 1.54) is 0 Å². The summed E-state index contributed by atoms with van der Waals surface area (Å²) in [4.78, 5) is 13.1. The first-order chi connectivity index (χ1) is 4.79. The molecule has 1 aliphatic rings. The summed E-state index contributed by atoms with van der Waals surface area (Å²) < 4.78 is 0. The Morgan fingerprint density at radius 1 is 1.90 bits per heavy atom. The SMILES string of the molecule is [N-]=[N+]=NC1C(=O)NC1CBr. The van der Waals surface area contributed by atoms with Crippen molar-refractivity contribution in [3.63, 3.8) is 0 Å². The topological polar surface area (TPSA) is 77.9 Å². The molecule has 2 unspecified atom stereocenters. The van der Waals surface area contributed by atoms with Gasteiger partial charge in [0.15, 0.2) is 0 Å². The maximum absolute atomic E-state index is 10.6. The number of hydrogen-bond donors (Lipinski definition) is 1. The predicted octanol–water partition coefficient (Wildman–Crippen LogP) is 0.559. The van der Waals surface area contributed by atoms with Gasteiger partial charge < -0.3 is 5.32 Å². The van der Waals surface area contributed by atoms with Gasteiger partial charge in [-0.2, -0.15) is 0 Å². The molecule has 10 heavy (non-hydrogen) atoms. The van der Waals surface area contributed by atoms with Crippen LogP contribution in [0.25, 0.3) is 10.4 Å². The molecule has 2 atom stereocenters. The zero-order valence-corrected chi connectivity index (χ0v) is 6.58. The summed E-state index contributed by atoms with van der Waals surface area (Å²) in [6.07, 6.45) is 0. The van der Waals surface area contributed by atoms with Crippen molar-refractivity contribution in [2.24, 2.45) is 5.11 Å². The summed E-state index contributed by atoms with van der Waals surface area (Å²) >= 11 is 3.17. The lowest BCUT2D eigenvalue weighted by atomic mass is 10.0. The number of azide groups is 1. The van der Waals surface area contributed by atoms with Gasteiger partial charge in [-0.15, -0.1) is 0 Å². The average Bonchev–Trinajstić information content (AvgIpc) is 1.95. The third kappa shape index (κ3) is 1.08. The number of carbonyl (C=O) groups is 1. The number of alkyl halides is 1. The van der Waals surface area contributed by atoms with Crippen molar-refractivity contribution in [3.05, 3.63) is 10.4 Å². The van der Waals surface area contributed by atoms with Crippen LogP contribution in [0, 0.1) is 0 Å². The summed E-state index contributed by atoms with van der Waals surface area (Å²) in [7, 11) is 0. The summed E-state index contributed by atoms with van der Waals surface area (Å²) in [5.74, 6) is -0.192. The molecule has 1 saturated heterocycles. The molecule has 6 heteroatoms. The standard InChI is InChI=1S/C4H5BrN4O/c5-1-2-3(8-9-6)4(10)7-2/h2-3H,1H2,(H,7,10). The van der Waals surface area contributed by atoms with Gasteiger partial charge >= 0.3 is 0 Å². The Hall–Kier alpha value is -0.740. The molecular weight excluding hydrogens is 200 g/mol. The summed E-state index contributed by atoms with van der Waals surface area (Å²) in [5, 5.41) is 6.51. The molecule has 54 valence electrons. The fourth-order valence-electron chi connectivity index (χ4n) is 0.745. The Labute approximate surface area is 65.5 Å². The lowest BCUT2D eigenvalue weighted by molar-refractivity contribution is -0.129. The van der Waals surface area contributed by atoms with E-state index in [9.17, 15) is 4.79 Å². The van der Waals surface area contributed by atoms with Crippen molar-refractivity contribution in [1.82, 2.24) is 5.32 Å². The Morgan fingerprint density at radius 2 is 2.60 bits per heavy atom. The van der Waals surface area contributed by atoms with Crippen molar-refractivity contribution in [2.45, 2.75) is 12.1 Å². The third-order valence-electron chi connectivity index (χ3n) is 1.32. The van der Waals surface area contributed by atoms with E-state index in [0.29, 0.717) is 5.33 Å². The molecule has 0 saturated carbocycles. The molecule has 0 radical (unpaired) electrons. The van der Waals surface area contributed by atoms with E-state index >= 15 is 0 Å². The number of carbonyl (C=O) groups excluding carboxylic acids is 1. The number of halogens is 1. The van der Waals surface area contributed by atoms with Gasteiger partial charge in [0.25, 0.3) is 0 Å². The first-order valence-corrected chi connectivity index (χ1v) is 3.82. The van der Waals surface area contributed by atoms with Gasteiger partial charge in [0.2, 0.25) is 5.91 Å². The van der Waals surface area contributed by atoms with Gasteiger partial charge in [-0.05, 0) is 5.53 Å². The first kappa shape index (κ1) is 7.37. The van der Waals surface area contributed by atoms with Crippen LogP contribution in [0.5, 0.6) is 0 Å². The molecule has 1 rings (SSSR count). The van der Waals surface area contributed by atoms with Gasteiger partial charge in [0.1, 0.15) is 6.04 Å². The molecule has 0 aliphatic carbocycles. The number of β-lactam (4-membered cyclic amide) rings is 1. The van der Waals surface area contributed by atoms with Crippen LogP contribution >= 0.6 is 15.9 Å². The van der Waals surface area contributed by atoms with Crippen LogP contribution in [-0.4, -0.2) is 23.3 Å². The minimum atomic E-state index is -0.510. The zero-order chi connectivity index (χ0) is 7.56. The monoisotopic (exact) mass is 204 g/mol. The Morgan fingerprint density at radius 3 is 3.00 bits per heavy atom. The summed E-state index contributed by atoms with van der Waals surface area (Å²) in [5.41, 5.74) is 8.00. The Balaban J connectivity index is 2.55. The average molecular weight is 205 g/mol. The van der Waals surface area contributed by atoms with Gasteiger partial charge in [-0.1, -0.05) is 21.0 Å². The molecule has 1 amide bonds. The lowest BCUT2D eigenvalue weighted by Gasteiger charge is -2.31. The lowest BCUT2D eigenvalue weighted by Crippen LogP contribution is -2.62. The molecule has 5 nitrogen and oxygen atoms in total. The fourth-order valence-corrected chi connectivity index (χ4v) is 1.26. The van der Waals surface area contributed by atoms with E-state index in [4.69, 9.17) is 5.53 Å². The Kier molecular flexibility index (Phi) is 2.13. The van der Waals surface area contributed by atoms with Crippen molar-refractivity contribution >= 4 is 21.8 Å². The highest BCUT2D eigenvalue weighted by atomic mass is 79.9. The van der Waals surface area contributed by atoms with Crippen molar-refractivity contribution < 1.29 is 4.79 Å². The van der Waals surface area contributed by atoms with Gasteiger partial charge in [-0.25, -0.2) is 0 Å². The highest BCUT2D eigenvalue weighted by Crippen LogP contribution is 2.12. The van der Waals surface area contributed by atoms with Crippen LogP contribution in [0.3, 0.4) is 0 Å². The largest absolute Gasteiger partial charge is 0.351 e. The normalized spacial score (nSPS) is 29.9. The van der Waals surface area contributed by atoms with E-state index in [0.717, 1.165) is 0 Å². The number of amides is 1. The van der Waals surface area contributed by atoms with E-state index in [1.807, 2.05) is 0 Å². The first-order valence-electron chi connectivity index (χ1n) is 2.70. The molecule has 0 bridgehead atoms. The zero-order valence-electron chi connectivity index (χ0n) is 4.99. The molecule has 0 aromatic rings. The minimum Gasteiger partial charge on any atom is -0.351 e. The molecule has 0 aromatic heterocycles. The maximum atomic E-state index is 10.6. The maximum Gasteiger partial charge on any atom is 0.231 e. The van der Waals surface area contributed by atoms with E-state index < -0.39 is 6.04 Å². The number of nitrogens with one attached hydrogen (secondary N) is 1. The van der Waals surface area contributed by atoms with Crippen LogP contribution in [0.2, 0.25) is 0 Å². The van der Waals surface area contributed by atoms with E-state index in [-0.39, 0.29) is 11.9 Å². The van der Waals surface area contributed by atoms with Crippen LogP contribution in [-0.2, 0) is 4.79 Å². The molecule has 1 fully saturated rings. The van der Waals surface area contributed by atoms with E-state index in [1.54, 1.807) is 0 Å². The number of rotatable bonds is 2. The minimum absolute atomic E-state index is 0.0246. The Bertz CT molecular complexity index is 197. The second-order valence-corrected chi connectivity index (χ2v) is 2.57. The van der Waals surface area contributed by atoms with Crippen LogP contribution in [0.1, 0.15) is 0 Å². The molecule has 0 spiro atoms. The highest BCUT2D eigenvalue weighted by molar-refractivity contribution is 9.09. The number of nitrogens with zero attached hydrogens (tertiary/aromatic N) is 3. The van der Waals surface area contributed by atoms with Crippen LogP contribution in [0.4, 0.5) is 0 Å².